The molecule has 0 saturated carbocycles. The zero-order chi connectivity index (χ0) is 44.0. The SMILES string of the molecule is N/C(=C\N(N)CCOCCOCCOCCNC(=O)c1ccnc(-c2cc(C(=O)NCCOCCOCCOCCOC3CC(O)CC(CO)O3)ccn2)c1)Cc1ccccc1. The number of aliphatic hydroxyl groups excluding tert-OH is 2. The van der Waals surface area contributed by atoms with Gasteiger partial charge in [0, 0.05) is 67.8 Å². The molecule has 3 aromatic rings. The van der Waals surface area contributed by atoms with E-state index in [0.717, 1.165) is 5.56 Å². The van der Waals surface area contributed by atoms with E-state index in [-0.39, 0.29) is 18.4 Å². The lowest BCUT2D eigenvalue weighted by atomic mass is 10.1. The van der Waals surface area contributed by atoms with Crippen molar-refractivity contribution in [2.24, 2.45) is 11.6 Å². The molecule has 4 rings (SSSR count). The van der Waals surface area contributed by atoms with E-state index in [4.69, 9.17) is 49.5 Å². The molecular weight excluding hydrogens is 807 g/mol. The number of allylic oxidation sites excluding steroid dienone is 1. The van der Waals surface area contributed by atoms with Gasteiger partial charge in [-0.3, -0.25) is 19.6 Å². The molecule has 342 valence electrons. The van der Waals surface area contributed by atoms with Gasteiger partial charge in [-0.2, -0.15) is 0 Å². The molecule has 0 spiro atoms. The lowest BCUT2D eigenvalue weighted by molar-refractivity contribution is -0.225. The first-order chi connectivity index (χ1) is 30.3. The van der Waals surface area contributed by atoms with Crippen molar-refractivity contribution in [2.75, 3.05) is 112 Å². The monoisotopic (exact) mass is 869 g/mol. The molecular formula is C43H63N7O12. The topological polar surface area (TPSA) is 254 Å². The van der Waals surface area contributed by atoms with E-state index in [1.165, 1.54) is 17.4 Å². The summed E-state index contributed by atoms with van der Waals surface area (Å²) < 4.78 is 44.3. The van der Waals surface area contributed by atoms with Crippen molar-refractivity contribution in [1.29, 1.82) is 0 Å². The fourth-order valence-electron chi connectivity index (χ4n) is 5.92. The van der Waals surface area contributed by atoms with Crippen molar-refractivity contribution in [1.82, 2.24) is 25.6 Å². The van der Waals surface area contributed by atoms with Gasteiger partial charge in [0.25, 0.3) is 11.8 Å². The molecule has 62 heavy (non-hydrogen) atoms. The Balaban J connectivity index is 0.972. The number of hydrogen-bond donors (Lipinski definition) is 6. The summed E-state index contributed by atoms with van der Waals surface area (Å²) in [5.41, 5.74) is 9.53. The molecule has 1 fully saturated rings. The Kier molecular flexibility index (Phi) is 24.5. The van der Waals surface area contributed by atoms with Gasteiger partial charge in [-0.05, 0) is 29.8 Å². The third-order valence-electron chi connectivity index (χ3n) is 9.01. The molecule has 2 amide bonds. The lowest BCUT2D eigenvalue weighted by Crippen LogP contribution is -2.39. The number of hydrogen-bond acceptors (Lipinski definition) is 17. The Morgan fingerprint density at radius 3 is 1.76 bits per heavy atom. The summed E-state index contributed by atoms with van der Waals surface area (Å²) in [6.45, 7) is 5.65. The average Bonchev–Trinajstić information content (AvgIpc) is 3.28. The van der Waals surface area contributed by atoms with Gasteiger partial charge in [0.05, 0.1) is 123 Å². The van der Waals surface area contributed by atoms with Crippen LogP contribution in [0.4, 0.5) is 0 Å². The first-order valence-corrected chi connectivity index (χ1v) is 20.8. The normalized spacial score (nSPS) is 16.6. The number of nitrogens with zero attached hydrogens (tertiary/aromatic N) is 3. The van der Waals surface area contributed by atoms with Crippen LogP contribution in [0.15, 0.2) is 78.9 Å². The highest BCUT2D eigenvalue weighted by molar-refractivity contribution is 5.96. The van der Waals surface area contributed by atoms with Crippen molar-refractivity contribution in [3.05, 3.63) is 95.6 Å². The third-order valence-corrected chi connectivity index (χ3v) is 9.01. The van der Waals surface area contributed by atoms with Crippen LogP contribution in [0.2, 0.25) is 0 Å². The standard InChI is InChI=1S/C43H63N7O12/c44-36(26-33-4-2-1-3-5-33)31-50(45)12-15-57-18-21-58-19-16-55-13-10-48-42(53)34-6-8-46-39(27-34)40-28-35(7-9-47-40)43(54)49-11-14-56-17-20-59-22-23-60-24-25-61-41-30-37(52)29-38(32-51)62-41/h1-9,27-28,31,37-38,41,51-52H,10-26,29-30,32,44-45H2,(H,48,53)(H,49,54)/b36-31-. The van der Waals surface area contributed by atoms with E-state index in [1.807, 2.05) is 30.3 Å². The number of aromatic nitrogens is 2. The van der Waals surface area contributed by atoms with Crippen molar-refractivity contribution in [3.8, 4) is 11.4 Å². The molecule has 1 aromatic carbocycles. The Hall–Kier alpha value is -4.64. The van der Waals surface area contributed by atoms with E-state index in [0.29, 0.717) is 153 Å². The van der Waals surface area contributed by atoms with Crippen LogP contribution < -0.4 is 22.2 Å². The summed E-state index contributed by atoms with van der Waals surface area (Å²) in [7, 11) is 0. The number of carbonyl (C=O) groups excluding carboxylic acids is 2. The van der Waals surface area contributed by atoms with Gasteiger partial charge >= 0.3 is 0 Å². The first-order valence-electron chi connectivity index (χ1n) is 20.8. The largest absolute Gasteiger partial charge is 0.401 e. The number of nitrogens with two attached hydrogens (primary N) is 2. The number of pyridine rings is 2. The van der Waals surface area contributed by atoms with Gasteiger partial charge in [0.2, 0.25) is 0 Å². The molecule has 0 aliphatic carbocycles. The maximum absolute atomic E-state index is 12.8. The summed E-state index contributed by atoms with van der Waals surface area (Å²) in [6, 6.07) is 16.4. The first kappa shape index (κ1) is 50.0. The van der Waals surface area contributed by atoms with Crippen molar-refractivity contribution in [2.45, 2.75) is 37.8 Å². The van der Waals surface area contributed by atoms with E-state index < -0.39 is 18.5 Å². The number of carbonyl (C=O) groups is 2. The summed E-state index contributed by atoms with van der Waals surface area (Å²) in [4.78, 5) is 34.3. The molecule has 3 atom stereocenters. The molecule has 0 bridgehead atoms. The second-order valence-electron chi connectivity index (χ2n) is 14.0. The number of nitrogens with one attached hydrogen (secondary N) is 2. The molecule has 19 nitrogen and oxygen atoms in total. The van der Waals surface area contributed by atoms with Crippen LogP contribution in [0.5, 0.6) is 0 Å². The summed E-state index contributed by atoms with van der Waals surface area (Å²) >= 11 is 0. The van der Waals surface area contributed by atoms with Gasteiger partial charge in [0.1, 0.15) is 0 Å². The molecule has 0 radical (unpaired) electrons. The third kappa shape index (κ3) is 21.0. The van der Waals surface area contributed by atoms with E-state index in [9.17, 15) is 19.8 Å². The smallest absolute Gasteiger partial charge is 0.251 e. The van der Waals surface area contributed by atoms with Crippen LogP contribution in [-0.4, -0.2) is 168 Å². The van der Waals surface area contributed by atoms with Crippen LogP contribution in [0.1, 0.15) is 39.1 Å². The number of aliphatic hydroxyl groups is 2. The fourth-order valence-corrected chi connectivity index (χ4v) is 5.92. The molecule has 1 aliphatic rings. The molecule has 8 N–H and O–H groups in total. The lowest BCUT2D eigenvalue weighted by Gasteiger charge is -2.31. The zero-order valence-electron chi connectivity index (χ0n) is 35.3. The summed E-state index contributed by atoms with van der Waals surface area (Å²) in [6.07, 6.45) is 4.60. The molecule has 3 unspecified atom stereocenters. The van der Waals surface area contributed by atoms with Crippen LogP contribution in [0.25, 0.3) is 11.4 Å². The Morgan fingerprint density at radius 2 is 1.23 bits per heavy atom. The van der Waals surface area contributed by atoms with Gasteiger partial charge in [0.15, 0.2) is 6.29 Å². The number of ether oxygens (including phenoxy) is 8. The fraction of sp³-hybridized carbons (Fsp3) is 0.535. The van der Waals surface area contributed by atoms with E-state index in [1.54, 1.807) is 30.5 Å². The average molecular weight is 870 g/mol. The Labute approximate surface area is 362 Å². The highest BCUT2D eigenvalue weighted by Crippen LogP contribution is 2.20. The maximum atomic E-state index is 12.8. The second kappa shape index (κ2) is 30.4. The summed E-state index contributed by atoms with van der Waals surface area (Å²) in [5, 5.41) is 26.2. The van der Waals surface area contributed by atoms with Crippen LogP contribution in [0, 0.1) is 0 Å². The minimum atomic E-state index is -0.556. The quantitative estimate of drug-likeness (QED) is 0.0288. The minimum absolute atomic E-state index is 0.157. The highest BCUT2D eigenvalue weighted by atomic mass is 16.7. The van der Waals surface area contributed by atoms with Crippen LogP contribution in [-0.2, 0) is 44.3 Å². The molecule has 19 heteroatoms. The Morgan fingerprint density at radius 1 is 0.726 bits per heavy atom. The van der Waals surface area contributed by atoms with Gasteiger partial charge in [-0.15, -0.1) is 0 Å². The number of amides is 2. The number of rotatable bonds is 32. The van der Waals surface area contributed by atoms with Crippen molar-refractivity contribution in [3.63, 3.8) is 0 Å². The van der Waals surface area contributed by atoms with Crippen LogP contribution >= 0.6 is 0 Å². The minimum Gasteiger partial charge on any atom is -0.401 e. The second-order valence-corrected chi connectivity index (χ2v) is 14.0. The maximum Gasteiger partial charge on any atom is 0.251 e. The highest BCUT2D eigenvalue weighted by Gasteiger charge is 2.28. The number of hydrazine groups is 1. The van der Waals surface area contributed by atoms with E-state index >= 15 is 0 Å². The van der Waals surface area contributed by atoms with Gasteiger partial charge < -0.3 is 69.5 Å². The van der Waals surface area contributed by atoms with Gasteiger partial charge in [-0.25, -0.2) is 5.84 Å². The summed E-state index contributed by atoms with van der Waals surface area (Å²) in [5.74, 6) is 5.39. The molecule has 1 saturated heterocycles. The molecule has 2 aromatic heterocycles. The molecule has 3 heterocycles. The van der Waals surface area contributed by atoms with Crippen molar-refractivity contribution >= 4 is 11.8 Å². The predicted octanol–water partition coefficient (Wildman–Crippen LogP) is 0.796. The zero-order valence-corrected chi connectivity index (χ0v) is 35.3. The van der Waals surface area contributed by atoms with E-state index in [2.05, 4.69) is 20.6 Å². The van der Waals surface area contributed by atoms with Crippen molar-refractivity contribution < 1.29 is 57.7 Å². The number of benzene rings is 1. The Bertz CT molecular complexity index is 1730. The predicted molar refractivity (Wildman–Crippen MR) is 227 cm³/mol. The molecule has 1 aliphatic heterocycles. The van der Waals surface area contributed by atoms with Crippen LogP contribution in [0.3, 0.4) is 0 Å². The van der Waals surface area contributed by atoms with Gasteiger partial charge in [-0.1, -0.05) is 30.3 Å².